The lowest BCUT2D eigenvalue weighted by atomic mass is 10.3. The summed E-state index contributed by atoms with van der Waals surface area (Å²) in [5.41, 5.74) is 0.916. The summed E-state index contributed by atoms with van der Waals surface area (Å²) in [6.07, 6.45) is 5.46. The second-order valence-corrected chi connectivity index (χ2v) is 6.12. The zero-order valence-corrected chi connectivity index (χ0v) is 14.5. The van der Waals surface area contributed by atoms with Crippen molar-refractivity contribution in [3.63, 3.8) is 0 Å². The van der Waals surface area contributed by atoms with Crippen LogP contribution >= 0.6 is 11.3 Å². The lowest BCUT2D eigenvalue weighted by Gasteiger charge is -2.03. The molecule has 1 amide bonds. The summed E-state index contributed by atoms with van der Waals surface area (Å²) in [6, 6.07) is 14.8. The van der Waals surface area contributed by atoms with Crippen molar-refractivity contribution in [1.29, 1.82) is 0 Å². The van der Waals surface area contributed by atoms with E-state index in [4.69, 9.17) is 15.9 Å². The van der Waals surface area contributed by atoms with E-state index >= 15 is 0 Å². The fourth-order valence-corrected chi connectivity index (χ4v) is 3.39. The number of thiazole rings is 1. The second-order valence-electron chi connectivity index (χ2n) is 5.12. The lowest BCUT2D eigenvalue weighted by Crippen LogP contribution is -2.19. The van der Waals surface area contributed by atoms with Crippen LogP contribution in [0.15, 0.2) is 53.5 Å². The molecule has 0 aliphatic rings. The van der Waals surface area contributed by atoms with Gasteiger partial charge < -0.3 is 14.0 Å². The molecule has 2 aromatic carbocycles. The van der Waals surface area contributed by atoms with Crippen molar-refractivity contribution < 1.29 is 14.3 Å². The lowest BCUT2D eigenvalue weighted by molar-refractivity contribution is -0.120. The minimum Gasteiger partial charge on any atom is -0.497 e. The van der Waals surface area contributed by atoms with E-state index in [9.17, 15) is 4.79 Å². The van der Waals surface area contributed by atoms with Crippen LogP contribution in [-0.2, 0) is 11.3 Å². The van der Waals surface area contributed by atoms with Gasteiger partial charge in [-0.3, -0.25) is 4.79 Å². The number of amides is 1. The van der Waals surface area contributed by atoms with Gasteiger partial charge in [0.25, 0.3) is 5.91 Å². The maximum absolute atomic E-state index is 12.2. The first-order valence-electron chi connectivity index (χ1n) is 7.57. The topological polar surface area (TPSA) is 52.8 Å². The highest BCUT2D eigenvalue weighted by molar-refractivity contribution is 7.16. The van der Waals surface area contributed by atoms with Gasteiger partial charge in [0.1, 0.15) is 11.5 Å². The number of nitrogens with zero attached hydrogens (tertiary/aromatic N) is 2. The zero-order valence-electron chi connectivity index (χ0n) is 13.6. The molecule has 0 aliphatic heterocycles. The number of methoxy groups -OCH3 is 1. The third-order valence-corrected chi connectivity index (χ3v) is 4.51. The summed E-state index contributed by atoms with van der Waals surface area (Å²) in [4.78, 5) is 16.9. The van der Waals surface area contributed by atoms with Crippen LogP contribution in [-0.4, -0.2) is 24.2 Å². The maximum atomic E-state index is 12.2. The fourth-order valence-electron chi connectivity index (χ4n) is 2.31. The first-order valence-corrected chi connectivity index (χ1v) is 8.39. The van der Waals surface area contributed by atoms with Gasteiger partial charge >= 0.3 is 0 Å². The molecule has 6 heteroatoms. The number of terminal acetylenes is 1. The number of benzene rings is 2. The number of rotatable bonds is 5. The van der Waals surface area contributed by atoms with Crippen LogP contribution in [0.1, 0.15) is 0 Å². The molecule has 0 atom stereocenters. The largest absolute Gasteiger partial charge is 0.497 e. The number of carbonyl (C=O) groups is 1. The van der Waals surface area contributed by atoms with Gasteiger partial charge in [0.15, 0.2) is 11.4 Å². The quantitative estimate of drug-likeness (QED) is 0.664. The van der Waals surface area contributed by atoms with Crippen molar-refractivity contribution in [3.8, 4) is 23.8 Å². The highest BCUT2D eigenvalue weighted by Gasteiger charge is 2.09. The molecule has 3 aromatic rings. The Morgan fingerprint density at radius 2 is 2.04 bits per heavy atom. The molecular formula is C19H16N2O3S. The smallest absolute Gasteiger partial charge is 0.286 e. The molecule has 0 saturated carbocycles. The van der Waals surface area contributed by atoms with Crippen LogP contribution in [0.3, 0.4) is 0 Å². The Morgan fingerprint density at radius 3 is 2.76 bits per heavy atom. The van der Waals surface area contributed by atoms with E-state index in [1.54, 1.807) is 19.2 Å². The number of fused-ring (bicyclic) bond motifs is 1. The summed E-state index contributed by atoms with van der Waals surface area (Å²) in [5.74, 6) is 3.60. The predicted molar refractivity (Wildman–Crippen MR) is 97.7 cm³/mol. The molecule has 0 saturated heterocycles. The SMILES string of the molecule is C#CCn1c(=NC(=O)COc2ccccc2)sc2cc(OC)ccc21. The van der Waals surface area contributed by atoms with Crippen molar-refractivity contribution in [2.75, 3.05) is 13.7 Å². The molecule has 126 valence electrons. The number of hydrogen-bond donors (Lipinski definition) is 0. The summed E-state index contributed by atoms with van der Waals surface area (Å²) in [7, 11) is 1.61. The Bertz CT molecular complexity index is 997. The Morgan fingerprint density at radius 1 is 1.24 bits per heavy atom. The standard InChI is InChI=1S/C19H16N2O3S/c1-3-11-21-16-10-9-15(23-2)12-17(16)25-19(21)20-18(22)13-24-14-7-5-4-6-8-14/h1,4-10,12H,11,13H2,2H3. The Balaban J connectivity index is 1.90. The number of ether oxygens (including phenoxy) is 2. The fraction of sp³-hybridized carbons (Fsp3) is 0.158. The molecule has 0 aliphatic carbocycles. The van der Waals surface area contributed by atoms with E-state index in [1.165, 1.54) is 11.3 Å². The molecule has 0 spiro atoms. The monoisotopic (exact) mass is 352 g/mol. The van der Waals surface area contributed by atoms with Gasteiger partial charge in [-0.25, -0.2) is 0 Å². The Hall–Kier alpha value is -3.04. The molecule has 1 heterocycles. The van der Waals surface area contributed by atoms with Gasteiger partial charge in [-0.1, -0.05) is 35.5 Å². The minimum absolute atomic E-state index is 0.127. The van der Waals surface area contributed by atoms with Crippen molar-refractivity contribution in [3.05, 3.63) is 53.3 Å². The molecule has 3 rings (SSSR count). The minimum atomic E-state index is -0.367. The normalized spacial score (nSPS) is 11.3. The summed E-state index contributed by atoms with van der Waals surface area (Å²) in [6.45, 7) is 0.204. The third-order valence-electron chi connectivity index (χ3n) is 3.47. The molecule has 5 nitrogen and oxygen atoms in total. The summed E-state index contributed by atoms with van der Waals surface area (Å²) < 4.78 is 13.5. The van der Waals surface area contributed by atoms with Gasteiger partial charge in [0, 0.05) is 0 Å². The van der Waals surface area contributed by atoms with Gasteiger partial charge in [-0.15, -0.1) is 6.42 Å². The van der Waals surface area contributed by atoms with E-state index in [-0.39, 0.29) is 12.5 Å². The highest BCUT2D eigenvalue weighted by Crippen LogP contribution is 2.23. The van der Waals surface area contributed by atoms with Crippen LogP contribution < -0.4 is 14.3 Å². The average Bonchev–Trinajstić information content (AvgIpc) is 2.97. The first kappa shape index (κ1) is 16.8. The first-order chi connectivity index (χ1) is 12.2. The van der Waals surface area contributed by atoms with E-state index in [1.807, 2.05) is 41.0 Å². The Labute approximate surface area is 149 Å². The molecule has 0 radical (unpaired) electrons. The third kappa shape index (κ3) is 3.90. The van der Waals surface area contributed by atoms with Crippen molar-refractivity contribution in [2.24, 2.45) is 4.99 Å². The molecule has 0 unspecified atom stereocenters. The van der Waals surface area contributed by atoms with Crippen molar-refractivity contribution in [1.82, 2.24) is 4.57 Å². The molecule has 25 heavy (non-hydrogen) atoms. The molecule has 0 fully saturated rings. The molecule has 0 bridgehead atoms. The molecular weight excluding hydrogens is 336 g/mol. The molecule has 0 N–H and O–H groups in total. The second kappa shape index (κ2) is 7.69. The number of para-hydroxylation sites is 1. The van der Waals surface area contributed by atoms with Crippen LogP contribution in [0.4, 0.5) is 0 Å². The number of carbonyl (C=O) groups excluding carboxylic acids is 1. The zero-order chi connectivity index (χ0) is 17.6. The van der Waals surface area contributed by atoms with E-state index in [0.29, 0.717) is 17.1 Å². The van der Waals surface area contributed by atoms with E-state index < -0.39 is 0 Å². The van der Waals surface area contributed by atoms with Crippen LogP contribution in [0, 0.1) is 12.3 Å². The van der Waals surface area contributed by atoms with Crippen molar-refractivity contribution >= 4 is 27.5 Å². The van der Waals surface area contributed by atoms with Gasteiger partial charge in [-0.2, -0.15) is 4.99 Å². The van der Waals surface area contributed by atoms with Crippen LogP contribution in [0.5, 0.6) is 11.5 Å². The summed E-state index contributed by atoms with van der Waals surface area (Å²) >= 11 is 1.39. The van der Waals surface area contributed by atoms with E-state index in [0.717, 1.165) is 16.0 Å². The Kier molecular flexibility index (Phi) is 5.17. The number of aromatic nitrogens is 1. The predicted octanol–water partition coefficient (Wildman–Crippen LogP) is 2.85. The van der Waals surface area contributed by atoms with Gasteiger partial charge in [-0.05, 0) is 30.3 Å². The van der Waals surface area contributed by atoms with Crippen LogP contribution in [0.25, 0.3) is 10.2 Å². The number of hydrogen-bond acceptors (Lipinski definition) is 4. The maximum Gasteiger partial charge on any atom is 0.286 e. The van der Waals surface area contributed by atoms with Crippen molar-refractivity contribution in [2.45, 2.75) is 6.54 Å². The molecule has 1 aromatic heterocycles. The highest BCUT2D eigenvalue weighted by atomic mass is 32.1. The van der Waals surface area contributed by atoms with E-state index in [2.05, 4.69) is 10.9 Å². The average molecular weight is 352 g/mol. The van der Waals surface area contributed by atoms with Crippen LogP contribution in [0.2, 0.25) is 0 Å². The van der Waals surface area contributed by atoms with Gasteiger partial charge in [0.2, 0.25) is 0 Å². The van der Waals surface area contributed by atoms with Gasteiger partial charge in [0.05, 0.1) is 23.9 Å². The summed E-state index contributed by atoms with van der Waals surface area (Å²) in [5, 5.41) is 0.